The maximum Gasteiger partial charge on any atom is 1.00 e. The van der Waals surface area contributed by atoms with Crippen LogP contribution in [0.2, 0.25) is 0 Å². The number of rotatable bonds is 20. The number of alkyl halides is 1. The molecule has 0 N–H and O–H groups in total. The van der Waals surface area contributed by atoms with Gasteiger partial charge in [0, 0.05) is 104 Å². The predicted molar refractivity (Wildman–Crippen MR) is 215 cm³/mol. The van der Waals surface area contributed by atoms with Crippen LogP contribution < -0.4 is 46.7 Å². The van der Waals surface area contributed by atoms with Crippen LogP contribution in [0.15, 0.2) is 43.5 Å². The molecule has 58 heavy (non-hydrogen) atoms. The molecule has 0 fully saturated rings. The Morgan fingerprint density at radius 3 is 1.28 bits per heavy atom. The van der Waals surface area contributed by atoms with Gasteiger partial charge in [0.1, 0.15) is 0 Å². The largest absolute Gasteiger partial charge is 1.00 e. The molecule has 22 heteroatoms. The van der Waals surface area contributed by atoms with E-state index in [1.165, 1.54) is 51.6 Å². The van der Waals surface area contributed by atoms with Crippen LogP contribution in [-0.4, -0.2) is 130 Å². The third-order valence-electron chi connectivity index (χ3n) is 7.34. The minimum atomic E-state index is -6.00. The number of hydrogen-bond acceptors (Lipinski definition) is 8. The van der Waals surface area contributed by atoms with Gasteiger partial charge in [-0.15, -0.1) is 11.6 Å². The molecule has 1 aromatic heterocycles. The van der Waals surface area contributed by atoms with Crippen molar-refractivity contribution in [3.8, 4) is 0 Å². The van der Waals surface area contributed by atoms with Crippen molar-refractivity contribution in [2.24, 2.45) is 17.8 Å². The van der Waals surface area contributed by atoms with Crippen LogP contribution in [-0.2, 0) is 20.8 Å². The molecule has 0 spiro atoms. The summed E-state index contributed by atoms with van der Waals surface area (Å²) in [5.41, 5.74) is 0. The molecule has 0 saturated heterocycles. The fourth-order valence-electron chi connectivity index (χ4n) is 4.85. The number of unbranched alkanes of at least 4 members (excludes halogenated alkanes) is 3. The van der Waals surface area contributed by atoms with Gasteiger partial charge in [-0.1, -0.05) is 60.8 Å². The average Bonchev–Trinajstić information content (AvgIpc) is 3.89. The van der Waals surface area contributed by atoms with Crippen LogP contribution in [0.4, 0.5) is 30.2 Å². The molecule has 9 nitrogen and oxygen atoms in total. The molecular formula is C36H71B2Cl2F8N6NaO3-2. The Labute approximate surface area is 379 Å². The second kappa shape index (κ2) is 47.0. The van der Waals surface area contributed by atoms with Gasteiger partial charge in [0.2, 0.25) is 0 Å². The van der Waals surface area contributed by atoms with Gasteiger partial charge in [0.25, 0.3) is 0 Å². The number of methoxy groups -OCH3 is 3. The first-order valence-corrected chi connectivity index (χ1v) is 19.6. The maximum absolute atomic E-state index is 9.75. The van der Waals surface area contributed by atoms with Crippen molar-refractivity contribution in [3.63, 3.8) is 0 Å². The Kier molecular flexibility index (Phi) is 55.6. The zero-order valence-corrected chi connectivity index (χ0v) is 40.1. The molecule has 3 heterocycles. The van der Waals surface area contributed by atoms with Gasteiger partial charge in [-0.2, -0.15) is 0 Å². The first kappa shape index (κ1) is 68.6. The number of aromatic nitrogens is 2. The molecule has 0 saturated carbocycles. The monoisotopic (exact) mass is 902 g/mol. The maximum atomic E-state index is 9.75. The second-order valence-electron chi connectivity index (χ2n) is 13.5. The average molecular weight is 904 g/mol. The number of aryl methyl sites for hydroxylation is 1. The number of imidazole rings is 1. The molecule has 1 aromatic rings. The second-order valence-corrected chi connectivity index (χ2v) is 13.8. The quantitative estimate of drug-likeness (QED) is 0.108. The van der Waals surface area contributed by atoms with Gasteiger partial charge in [-0.3, -0.25) is 12.9 Å². The normalized spacial score (nSPS) is 13.8. The third-order valence-corrected chi connectivity index (χ3v) is 7.87. The summed E-state index contributed by atoms with van der Waals surface area (Å²) < 4.78 is 85.2. The summed E-state index contributed by atoms with van der Waals surface area (Å²) in [6.45, 7) is 23.4. The molecule has 0 radical (unpaired) electrons. The van der Waals surface area contributed by atoms with Crippen LogP contribution in [0.3, 0.4) is 0 Å². The predicted octanol–water partition coefficient (Wildman–Crippen LogP) is 0.613. The first-order chi connectivity index (χ1) is 26.0. The van der Waals surface area contributed by atoms with Crippen LogP contribution in [0.25, 0.3) is 0 Å². The summed E-state index contributed by atoms with van der Waals surface area (Å²) in [4.78, 5) is 13.4. The van der Waals surface area contributed by atoms with Crippen LogP contribution >= 0.6 is 11.6 Å². The number of hydrogen-bond donors (Lipinski definition) is 0. The van der Waals surface area contributed by atoms with Gasteiger partial charge in [0.05, 0.1) is 32.9 Å². The molecule has 0 aliphatic carbocycles. The molecule has 2 aliphatic rings. The molecule has 0 bridgehead atoms. The smallest absolute Gasteiger partial charge is 1.00 e. The van der Waals surface area contributed by atoms with Gasteiger partial charge in [-0.25, -0.2) is 4.98 Å². The van der Waals surface area contributed by atoms with Crippen molar-refractivity contribution < 1.29 is 91.1 Å². The van der Waals surface area contributed by atoms with E-state index in [1.54, 1.807) is 21.3 Å². The Balaban J connectivity index is -0.000000147. The molecule has 3 rings (SSSR count). The van der Waals surface area contributed by atoms with Gasteiger partial charge >= 0.3 is 44.4 Å². The van der Waals surface area contributed by atoms with Gasteiger partial charge < -0.3 is 72.8 Å². The van der Waals surface area contributed by atoms with Crippen molar-refractivity contribution in [1.82, 2.24) is 29.2 Å². The zero-order valence-electron chi connectivity index (χ0n) is 36.6. The van der Waals surface area contributed by atoms with Crippen molar-refractivity contribution in [2.45, 2.75) is 86.6 Å². The number of halogens is 10. The van der Waals surface area contributed by atoms with Crippen molar-refractivity contribution in [3.05, 3.63) is 43.5 Å². The van der Waals surface area contributed by atoms with E-state index in [4.69, 9.17) is 25.8 Å². The Bertz CT molecular complexity index is 961. The van der Waals surface area contributed by atoms with E-state index in [-0.39, 0.29) is 46.7 Å². The van der Waals surface area contributed by atoms with E-state index in [1.807, 2.05) is 18.7 Å². The van der Waals surface area contributed by atoms with Crippen LogP contribution in [0, 0.1) is 17.8 Å². The summed E-state index contributed by atoms with van der Waals surface area (Å²) in [7, 11) is -4.45. The molecule has 2 aliphatic heterocycles. The van der Waals surface area contributed by atoms with Crippen LogP contribution in [0.1, 0.15) is 80.1 Å². The van der Waals surface area contributed by atoms with Crippen LogP contribution in [0.5, 0.6) is 0 Å². The Morgan fingerprint density at radius 2 is 1.00 bits per heavy atom. The van der Waals surface area contributed by atoms with E-state index in [9.17, 15) is 30.2 Å². The Hall–Kier alpha value is -1.08. The molecular weight excluding hydrogens is 832 g/mol. The fourth-order valence-corrected chi connectivity index (χ4v) is 4.94. The summed E-state index contributed by atoms with van der Waals surface area (Å²) in [6.07, 6.45) is 22.1. The van der Waals surface area contributed by atoms with Gasteiger partial charge in [0.15, 0.2) is 0 Å². The van der Waals surface area contributed by atoms with E-state index >= 15 is 0 Å². The number of ether oxygens (including phenoxy) is 3. The zero-order chi connectivity index (χ0) is 42.5. The van der Waals surface area contributed by atoms with E-state index in [0.717, 1.165) is 52.8 Å². The molecule has 0 amide bonds. The van der Waals surface area contributed by atoms with E-state index in [2.05, 4.69) is 95.5 Å². The third kappa shape index (κ3) is 52.9. The summed E-state index contributed by atoms with van der Waals surface area (Å²) >= 11 is 5.45. The summed E-state index contributed by atoms with van der Waals surface area (Å²) in [6, 6.07) is 0. The minimum absolute atomic E-state index is 0. The SMILES string of the molecule is CCCCN1C=CN(CC(C)COC)C1.CCCCN1C=CN(CC(C)COC)C1.CCCCn1ccnc1.COCC(C)CCl.FB(F)F.F[B-](F)(F)F.[Cl-].[F-].[Na+]. The van der Waals surface area contributed by atoms with E-state index in [0.29, 0.717) is 23.6 Å². The van der Waals surface area contributed by atoms with Crippen molar-refractivity contribution in [2.75, 3.05) is 86.5 Å². The van der Waals surface area contributed by atoms with E-state index < -0.39 is 14.8 Å². The minimum Gasteiger partial charge on any atom is -1.00 e. The first-order valence-electron chi connectivity index (χ1n) is 19.1. The molecule has 3 unspecified atom stereocenters. The summed E-state index contributed by atoms with van der Waals surface area (Å²) in [5.74, 6) is 2.39. The molecule has 342 valence electrons. The van der Waals surface area contributed by atoms with Crippen molar-refractivity contribution in [1.29, 1.82) is 0 Å². The van der Waals surface area contributed by atoms with Crippen molar-refractivity contribution >= 4 is 26.4 Å². The Morgan fingerprint density at radius 1 is 0.672 bits per heavy atom. The molecule has 0 aromatic carbocycles. The molecule has 3 atom stereocenters. The fraction of sp³-hybridized carbons (Fsp3) is 0.806. The summed E-state index contributed by atoms with van der Waals surface area (Å²) in [5, 5.41) is 0. The topological polar surface area (TPSA) is 58.5 Å². The van der Waals surface area contributed by atoms with Gasteiger partial charge in [-0.05, 0) is 37.0 Å². The number of nitrogens with zero attached hydrogens (tertiary/aromatic N) is 6. The standard InChI is InChI=1S/2C12H24N2O.C7H12N2.C5H11ClO.BF4.BF3.ClH.FH.Na/c2*1-4-5-6-13-7-8-14(11-13)9-12(2)10-15-3;1-2-3-5-9-6-4-8-7-9;1-5(3-6)4-7-2;2-1(3,4)5;2-1(3)4;;;/h2*7-8,12H,4-6,9-11H2,1-3H3;4,6-7H,2-3,5H2,1H3;5H,3-4H2,1-2H3;;;2*1H;/q;;;;-1;;;;+1/p-2.